The molecule has 0 saturated carbocycles. The highest BCUT2D eigenvalue weighted by atomic mass is 32.2. The number of rotatable bonds is 8. The van der Waals surface area contributed by atoms with Gasteiger partial charge in [0.1, 0.15) is 12.1 Å². The maximum absolute atomic E-state index is 11.9. The number of sulfonamides is 1. The summed E-state index contributed by atoms with van der Waals surface area (Å²) in [5.74, 6) is 1.01. The van der Waals surface area contributed by atoms with E-state index >= 15 is 0 Å². The van der Waals surface area contributed by atoms with Crippen molar-refractivity contribution < 1.29 is 13.2 Å². The van der Waals surface area contributed by atoms with Crippen molar-refractivity contribution in [2.75, 3.05) is 43.5 Å². The van der Waals surface area contributed by atoms with Crippen molar-refractivity contribution in [1.82, 2.24) is 24.5 Å². The molecule has 1 aliphatic rings. The number of morpholine rings is 1. The average molecular weight is 368 g/mol. The van der Waals surface area contributed by atoms with Crippen LogP contribution < -0.4 is 9.62 Å². The zero-order valence-electron chi connectivity index (χ0n) is 14.4. The average Bonchev–Trinajstić information content (AvgIpc) is 3.04. The highest BCUT2D eigenvalue weighted by Crippen LogP contribution is 2.23. The minimum Gasteiger partial charge on any atom is -0.378 e. The minimum atomic E-state index is -3.22. The molecule has 9 nitrogen and oxygen atoms in total. The highest BCUT2D eigenvalue weighted by Gasteiger charge is 2.18. The lowest BCUT2D eigenvalue weighted by molar-refractivity contribution is 0.122. The smallest absolute Gasteiger partial charge is 0.211 e. The first-order valence-corrected chi connectivity index (χ1v) is 10.2. The minimum absolute atomic E-state index is 0.159. The summed E-state index contributed by atoms with van der Waals surface area (Å²) in [6.07, 6.45) is 4.78. The maximum Gasteiger partial charge on any atom is 0.211 e. The Balaban J connectivity index is 1.69. The van der Waals surface area contributed by atoms with Crippen molar-refractivity contribution >= 4 is 26.9 Å². The molecule has 1 N–H and O–H groups in total. The standard InChI is InChI=1S/C15H24N6O3S/c1-2-3-10-25(22,23)19-4-5-21-15-13(11-18-21)14(16-12-17-15)20-6-8-24-9-7-20/h11-12,19H,2-10H2,1H3. The van der Waals surface area contributed by atoms with Crippen molar-refractivity contribution in [2.24, 2.45) is 0 Å². The topological polar surface area (TPSA) is 102 Å². The van der Waals surface area contributed by atoms with E-state index in [-0.39, 0.29) is 5.75 Å². The van der Waals surface area contributed by atoms with Gasteiger partial charge in [0.15, 0.2) is 5.65 Å². The van der Waals surface area contributed by atoms with Gasteiger partial charge in [-0.1, -0.05) is 13.3 Å². The molecular formula is C15H24N6O3S. The molecule has 10 heteroatoms. The summed E-state index contributed by atoms with van der Waals surface area (Å²) < 4.78 is 33.4. The fraction of sp³-hybridized carbons (Fsp3) is 0.667. The van der Waals surface area contributed by atoms with Gasteiger partial charge in [-0.3, -0.25) is 0 Å². The van der Waals surface area contributed by atoms with E-state index < -0.39 is 10.0 Å². The van der Waals surface area contributed by atoms with Crippen LogP contribution >= 0.6 is 0 Å². The summed E-state index contributed by atoms with van der Waals surface area (Å²) in [4.78, 5) is 10.9. The van der Waals surface area contributed by atoms with Crippen LogP contribution in [0.1, 0.15) is 19.8 Å². The molecule has 2 aromatic rings. The molecule has 138 valence electrons. The van der Waals surface area contributed by atoms with Crippen molar-refractivity contribution in [3.63, 3.8) is 0 Å². The van der Waals surface area contributed by atoms with Crippen LogP contribution in [0.3, 0.4) is 0 Å². The van der Waals surface area contributed by atoms with Crippen LogP contribution in [-0.2, 0) is 21.3 Å². The largest absolute Gasteiger partial charge is 0.378 e. The first-order chi connectivity index (χ1) is 12.1. The van der Waals surface area contributed by atoms with Crippen LogP contribution in [0.5, 0.6) is 0 Å². The summed E-state index contributed by atoms with van der Waals surface area (Å²) in [7, 11) is -3.22. The lowest BCUT2D eigenvalue weighted by Gasteiger charge is -2.27. The number of hydrogen-bond donors (Lipinski definition) is 1. The van der Waals surface area contributed by atoms with Gasteiger partial charge in [0.05, 0.1) is 37.1 Å². The van der Waals surface area contributed by atoms with Crippen LogP contribution in [-0.4, -0.2) is 66.8 Å². The summed E-state index contributed by atoms with van der Waals surface area (Å²) in [5, 5.41) is 5.23. The molecule has 0 bridgehead atoms. The van der Waals surface area contributed by atoms with E-state index in [0.29, 0.717) is 38.4 Å². The lowest BCUT2D eigenvalue weighted by atomic mass is 10.3. The van der Waals surface area contributed by atoms with E-state index in [2.05, 4.69) is 24.7 Å². The first-order valence-electron chi connectivity index (χ1n) is 8.57. The quantitative estimate of drug-likeness (QED) is 0.719. The number of anilines is 1. The Kier molecular flexibility index (Phi) is 5.82. The Morgan fingerprint density at radius 1 is 1.28 bits per heavy atom. The number of nitrogens with zero attached hydrogens (tertiary/aromatic N) is 5. The number of aromatic nitrogens is 4. The van der Waals surface area contributed by atoms with Crippen molar-refractivity contribution in [3.8, 4) is 0 Å². The number of ether oxygens (including phenoxy) is 1. The summed E-state index contributed by atoms with van der Waals surface area (Å²) >= 11 is 0. The Morgan fingerprint density at radius 3 is 2.84 bits per heavy atom. The number of fused-ring (bicyclic) bond motifs is 1. The third-order valence-electron chi connectivity index (χ3n) is 4.14. The Morgan fingerprint density at radius 2 is 2.08 bits per heavy atom. The molecule has 1 saturated heterocycles. The molecule has 0 aromatic carbocycles. The first kappa shape index (κ1) is 18.0. The summed E-state index contributed by atoms with van der Waals surface area (Å²) in [6, 6.07) is 0. The molecule has 0 amide bonds. The van der Waals surface area contributed by atoms with Gasteiger partial charge in [-0.2, -0.15) is 5.10 Å². The molecule has 3 rings (SSSR count). The number of unbranched alkanes of at least 4 members (excludes halogenated alkanes) is 1. The van der Waals surface area contributed by atoms with Crippen molar-refractivity contribution in [2.45, 2.75) is 26.3 Å². The second-order valence-corrected chi connectivity index (χ2v) is 7.89. The number of hydrogen-bond acceptors (Lipinski definition) is 7. The van der Waals surface area contributed by atoms with Gasteiger partial charge >= 0.3 is 0 Å². The van der Waals surface area contributed by atoms with Gasteiger partial charge in [-0.05, 0) is 6.42 Å². The SMILES string of the molecule is CCCCS(=O)(=O)NCCn1ncc2c(N3CCOCC3)ncnc21. The molecule has 3 heterocycles. The normalized spacial score (nSPS) is 15.8. The molecule has 25 heavy (non-hydrogen) atoms. The summed E-state index contributed by atoms with van der Waals surface area (Å²) in [6.45, 7) is 5.62. The lowest BCUT2D eigenvalue weighted by Crippen LogP contribution is -2.36. The van der Waals surface area contributed by atoms with Crippen LogP contribution in [0.4, 0.5) is 5.82 Å². The fourth-order valence-electron chi connectivity index (χ4n) is 2.78. The van der Waals surface area contributed by atoms with E-state index in [4.69, 9.17) is 4.74 Å². The molecule has 0 aliphatic carbocycles. The molecule has 1 fully saturated rings. The van der Waals surface area contributed by atoms with Gasteiger partial charge in [-0.15, -0.1) is 0 Å². The number of nitrogens with one attached hydrogen (secondary N) is 1. The molecule has 0 unspecified atom stereocenters. The van der Waals surface area contributed by atoms with E-state index in [9.17, 15) is 8.42 Å². The molecule has 2 aromatic heterocycles. The molecule has 1 aliphatic heterocycles. The van der Waals surface area contributed by atoms with E-state index in [0.717, 1.165) is 30.7 Å². The summed E-state index contributed by atoms with van der Waals surface area (Å²) in [5.41, 5.74) is 0.712. The molecular weight excluding hydrogens is 344 g/mol. The van der Waals surface area contributed by atoms with E-state index in [1.165, 1.54) is 6.33 Å². The Hall–Kier alpha value is -1.78. The maximum atomic E-state index is 11.9. The van der Waals surface area contributed by atoms with Crippen molar-refractivity contribution in [1.29, 1.82) is 0 Å². The zero-order chi connectivity index (χ0) is 17.7. The van der Waals surface area contributed by atoms with Crippen LogP contribution in [0.15, 0.2) is 12.5 Å². The highest BCUT2D eigenvalue weighted by molar-refractivity contribution is 7.89. The fourth-order valence-corrected chi connectivity index (χ4v) is 4.00. The second kappa shape index (κ2) is 8.07. The van der Waals surface area contributed by atoms with E-state index in [1.807, 2.05) is 6.92 Å². The van der Waals surface area contributed by atoms with Crippen molar-refractivity contribution in [3.05, 3.63) is 12.5 Å². The van der Waals surface area contributed by atoms with Crippen LogP contribution in [0, 0.1) is 0 Å². The van der Waals surface area contributed by atoms with Gasteiger partial charge < -0.3 is 9.64 Å². The van der Waals surface area contributed by atoms with Gasteiger partial charge in [0.25, 0.3) is 0 Å². The molecule has 0 atom stereocenters. The second-order valence-electron chi connectivity index (χ2n) is 5.97. The Labute approximate surface area is 147 Å². The van der Waals surface area contributed by atoms with Gasteiger partial charge in [0, 0.05) is 19.6 Å². The zero-order valence-corrected chi connectivity index (χ0v) is 15.2. The van der Waals surface area contributed by atoms with Crippen LogP contribution in [0.2, 0.25) is 0 Å². The van der Waals surface area contributed by atoms with Gasteiger partial charge in [-0.25, -0.2) is 27.8 Å². The predicted octanol–water partition coefficient (Wildman–Crippen LogP) is 0.382. The van der Waals surface area contributed by atoms with E-state index in [1.54, 1.807) is 10.9 Å². The monoisotopic (exact) mass is 368 g/mol. The third kappa shape index (κ3) is 4.44. The van der Waals surface area contributed by atoms with Crippen LogP contribution in [0.25, 0.3) is 11.0 Å². The predicted molar refractivity (Wildman–Crippen MR) is 95.1 cm³/mol. The van der Waals surface area contributed by atoms with Gasteiger partial charge in [0.2, 0.25) is 10.0 Å². The molecule has 0 radical (unpaired) electrons. The molecule has 0 spiro atoms. The Bertz CT molecular complexity index is 801. The third-order valence-corrected chi connectivity index (χ3v) is 5.61.